The summed E-state index contributed by atoms with van der Waals surface area (Å²) in [4.78, 5) is 11.2. The van der Waals surface area contributed by atoms with Gasteiger partial charge in [-0.15, -0.1) is 11.3 Å². The number of anilines is 1. The summed E-state index contributed by atoms with van der Waals surface area (Å²) in [6.07, 6.45) is 0.905. The van der Waals surface area contributed by atoms with Crippen molar-refractivity contribution in [3.05, 3.63) is 40.4 Å². The van der Waals surface area contributed by atoms with Gasteiger partial charge in [0.15, 0.2) is 11.1 Å². The number of thiazole rings is 1. The van der Waals surface area contributed by atoms with Crippen LogP contribution in [-0.2, 0) is 13.0 Å². The lowest BCUT2D eigenvalue weighted by molar-refractivity contribution is 0.411. The Balaban J connectivity index is 1.90. The fourth-order valence-corrected chi connectivity index (χ4v) is 3.17. The molecule has 0 aliphatic rings. The van der Waals surface area contributed by atoms with Crippen molar-refractivity contribution in [2.75, 3.05) is 39.2 Å². The summed E-state index contributed by atoms with van der Waals surface area (Å²) >= 11 is 1.64. The van der Waals surface area contributed by atoms with Gasteiger partial charge in [-0.05, 0) is 37.5 Å². The van der Waals surface area contributed by atoms with Crippen molar-refractivity contribution in [3.8, 4) is 5.75 Å². The minimum Gasteiger partial charge on any atom is -0.496 e. The molecule has 0 spiro atoms. The standard InChI is InChI=1S/C19H29N5OS/c1-6-20-18(22-12-16-13-26-19(23-16)24(3)4)21-10-9-15-8-7-14(2)17(11-15)25-5/h7-8,11,13H,6,9-10,12H2,1-5H3,(H2,20,21,22). The van der Waals surface area contributed by atoms with Crippen molar-refractivity contribution in [2.45, 2.75) is 26.8 Å². The van der Waals surface area contributed by atoms with E-state index in [-0.39, 0.29) is 0 Å². The number of rotatable bonds is 8. The Hall–Kier alpha value is -2.28. The first kappa shape index (κ1) is 20.0. The van der Waals surface area contributed by atoms with Crippen LogP contribution in [0.4, 0.5) is 5.13 Å². The quantitative estimate of drug-likeness (QED) is 0.549. The Kier molecular flexibility index (Phi) is 7.72. The largest absolute Gasteiger partial charge is 0.496 e. The Morgan fingerprint density at radius 3 is 2.77 bits per heavy atom. The van der Waals surface area contributed by atoms with E-state index in [4.69, 9.17) is 4.74 Å². The predicted octanol–water partition coefficient (Wildman–Crippen LogP) is 2.82. The van der Waals surface area contributed by atoms with Crippen LogP contribution in [0.5, 0.6) is 5.75 Å². The molecule has 0 saturated carbocycles. The highest BCUT2D eigenvalue weighted by atomic mass is 32.1. The lowest BCUT2D eigenvalue weighted by Gasteiger charge is -2.12. The number of ether oxygens (including phenoxy) is 1. The van der Waals surface area contributed by atoms with E-state index in [1.165, 1.54) is 5.56 Å². The second kappa shape index (κ2) is 10.0. The fraction of sp³-hybridized carbons (Fsp3) is 0.474. The zero-order chi connectivity index (χ0) is 18.9. The van der Waals surface area contributed by atoms with Crippen molar-refractivity contribution >= 4 is 22.4 Å². The molecule has 0 fully saturated rings. The summed E-state index contributed by atoms with van der Waals surface area (Å²) in [7, 11) is 5.70. The summed E-state index contributed by atoms with van der Waals surface area (Å²) in [6, 6.07) is 6.33. The zero-order valence-corrected chi connectivity index (χ0v) is 17.1. The maximum atomic E-state index is 5.39. The number of aliphatic imine (C=N–C) groups is 1. The van der Waals surface area contributed by atoms with E-state index in [1.54, 1.807) is 18.4 Å². The van der Waals surface area contributed by atoms with Gasteiger partial charge in [-0.2, -0.15) is 0 Å². The minimum atomic E-state index is 0.567. The molecule has 0 saturated heterocycles. The van der Waals surface area contributed by atoms with Gasteiger partial charge in [0.1, 0.15) is 5.75 Å². The van der Waals surface area contributed by atoms with Crippen molar-refractivity contribution in [2.24, 2.45) is 4.99 Å². The Labute approximate surface area is 160 Å². The van der Waals surface area contributed by atoms with Crippen LogP contribution in [0.15, 0.2) is 28.6 Å². The molecule has 26 heavy (non-hydrogen) atoms. The van der Waals surface area contributed by atoms with E-state index in [1.807, 2.05) is 19.0 Å². The average molecular weight is 376 g/mol. The van der Waals surface area contributed by atoms with Crippen LogP contribution in [0.2, 0.25) is 0 Å². The highest BCUT2D eigenvalue weighted by Crippen LogP contribution is 2.19. The SMILES string of the molecule is CCNC(=NCc1csc(N(C)C)n1)NCCc1ccc(C)c(OC)c1. The maximum Gasteiger partial charge on any atom is 0.191 e. The molecule has 6 nitrogen and oxygen atoms in total. The molecule has 1 heterocycles. The third-order valence-electron chi connectivity index (χ3n) is 3.84. The van der Waals surface area contributed by atoms with Crippen LogP contribution in [0.25, 0.3) is 0 Å². The number of aryl methyl sites for hydroxylation is 1. The Morgan fingerprint density at radius 2 is 2.12 bits per heavy atom. The van der Waals surface area contributed by atoms with E-state index in [0.717, 1.165) is 47.6 Å². The molecule has 142 valence electrons. The molecule has 1 aromatic heterocycles. The Morgan fingerprint density at radius 1 is 1.31 bits per heavy atom. The minimum absolute atomic E-state index is 0.567. The van der Waals surface area contributed by atoms with Gasteiger partial charge in [0.25, 0.3) is 0 Å². The van der Waals surface area contributed by atoms with E-state index in [9.17, 15) is 0 Å². The number of nitrogens with one attached hydrogen (secondary N) is 2. The lowest BCUT2D eigenvalue weighted by atomic mass is 10.1. The number of benzene rings is 1. The predicted molar refractivity (Wildman–Crippen MR) is 111 cm³/mol. The van der Waals surface area contributed by atoms with Crippen molar-refractivity contribution in [3.63, 3.8) is 0 Å². The van der Waals surface area contributed by atoms with Gasteiger partial charge in [-0.3, -0.25) is 0 Å². The van der Waals surface area contributed by atoms with E-state index in [0.29, 0.717) is 6.54 Å². The van der Waals surface area contributed by atoms with Gasteiger partial charge in [0, 0.05) is 32.6 Å². The molecular weight excluding hydrogens is 346 g/mol. The second-order valence-electron chi connectivity index (χ2n) is 6.19. The van der Waals surface area contributed by atoms with Crippen LogP contribution >= 0.6 is 11.3 Å². The number of hydrogen-bond donors (Lipinski definition) is 2. The van der Waals surface area contributed by atoms with Crippen molar-refractivity contribution in [1.82, 2.24) is 15.6 Å². The molecule has 7 heteroatoms. The number of methoxy groups -OCH3 is 1. The highest BCUT2D eigenvalue weighted by Gasteiger charge is 2.05. The van der Waals surface area contributed by atoms with Crippen LogP contribution in [-0.4, -0.2) is 45.2 Å². The maximum absolute atomic E-state index is 5.39. The second-order valence-corrected chi connectivity index (χ2v) is 7.03. The molecule has 2 N–H and O–H groups in total. The van der Waals surface area contributed by atoms with Gasteiger partial charge in [-0.25, -0.2) is 9.98 Å². The summed E-state index contributed by atoms with van der Waals surface area (Å²) in [5.41, 5.74) is 3.38. The molecule has 0 aliphatic heterocycles. The summed E-state index contributed by atoms with van der Waals surface area (Å²) < 4.78 is 5.39. The van der Waals surface area contributed by atoms with Crippen LogP contribution in [0.3, 0.4) is 0 Å². The first-order valence-corrected chi connectivity index (χ1v) is 9.68. The fourth-order valence-electron chi connectivity index (χ4n) is 2.42. The Bertz CT molecular complexity index is 726. The number of hydrogen-bond acceptors (Lipinski definition) is 5. The summed E-state index contributed by atoms with van der Waals surface area (Å²) in [5, 5.41) is 9.72. The van der Waals surface area contributed by atoms with Gasteiger partial charge < -0.3 is 20.3 Å². The topological polar surface area (TPSA) is 61.8 Å². The first-order chi connectivity index (χ1) is 12.5. The van der Waals surface area contributed by atoms with Crippen LogP contribution in [0, 0.1) is 6.92 Å². The van der Waals surface area contributed by atoms with Crippen molar-refractivity contribution in [1.29, 1.82) is 0 Å². The molecular formula is C19H29N5OS. The highest BCUT2D eigenvalue weighted by molar-refractivity contribution is 7.13. The molecule has 0 aliphatic carbocycles. The third-order valence-corrected chi connectivity index (χ3v) is 4.90. The third kappa shape index (κ3) is 5.91. The molecule has 0 amide bonds. The monoisotopic (exact) mass is 375 g/mol. The molecule has 0 bridgehead atoms. The van der Waals surface area contributed by atoms with Gasteiger partial charge in [0.2, 0.25) is 0 Å². The van der Waals surface area contributed by atoms with E-state index < -0.39 is 0 Å². The normalized spacial score (nSPS) is 11.3. The summed E-state index contributed by atoms with van der Waals surface area (Å²) in [6.45, 7) is 6.31. The number of aromatic nitrogens is 1. The molecule has 0 unspecified atom stereocenters. The average Bonchev–Trinajstić information content (AvgIpc) is 3.10. The van der Waals surface area contributed by atoms with Gasteiger partial charge >= 0.3 is 0 Å². The molecule has 2 rings (SSSR count). The van der Waals surface area contributed by atoms with Crippen LogP contribution in [0.1, 0.15) is 23.7 Å². The first-order valence-electron chi connectivity index (χ1n) is 8.81. The molecule has 0 atom stereocenters. The number of guanidine groups is 1. The van der Waals surface area contributed by atoms with E-state index >= 15 is 0 Å². The van der Waals surface area contributed by atoms with Gasteiger partial charge in [-0.1, -0.05) is 12.1 Å². The van der Waals surface area contributed by atoms with E-state index in [2.05, 4.69) is 58.0 Å². The molecule has 1 aromatic carbocycles. The summed E-state index contributed by atoms with van der Waals surface area (Å²) in [5.74, 6) is 1.74. The van der Waals surface area contributed by atoms with Gasteiger partial charge in [0.05, 0.1) is 19.3 Å². The van der Waals surface area contributed by atoms with Crippen molar-refractivity contribution < 1.29 is 4.74 Å². The smallest absolute Gasteiger partial charge is 0.191 e. The number of nitrogens with zero attached hydrogens (tertiary/aromatic N) is 3. The zero-order valence-electron chi connectivity index (χ0n) is 16.3. The van der Waals surface area contributed by atoms with Crippen LogP contribution < -0.4 is 20.3 Å². The molecule has 2 aromatic rings. The molecule has 0 radical (unpaired) electrons. The lowest BCUT2D eigenvalue weighted by Crippen LogP contribution is -2.38.